The highest BCUT2D eigenvalue weighted by Crippen LogP contribution is 2.78. The van der Waals surface area contributed by atoms with Crippen molar-refractivity contribution in [1.29, 1.82) is 0 Å². The molecule has 0 saturated heterocycles. The van der Waals surface area contributed by atoms with Gasteiger partial charge >= 0.3 is 0 Å². The van der Waals surface area contributed by atoms with Crippen molar-refractivity contribution in [3.05, 3.63) is 23.3 Å². The second-order valence-electron chi connectivity index (χ2n) is 10.6. The molecule has 1 N–H and O–H groups in total. The first-order chi connectivity index (χ1) is 10.9. The molecule has 0 bridgehead atoms. The predicted octanol–water partition coefficient (Wildman–Crippen LogP) is 6.53. The van der Waals surface area contributed by atoms with E-state index in [0.717, 1.165) is 31.3 Å². The fourth-order valence-electron chi connectivity index (χ4n) is 6.83. The average molecular weight is 333 g/mol. The third-order valence-corrected chi connectivity index (χ3v) is 7.76. The van der Waals surface area contributed by atoms with E-state index >= 15 is 0 Å². The molecule has 0 heterocycles. The molecule has 1 fully saturated rings. The van der Waals surface area contributed by atoms with E-state index in [9.17, 15) is 5.26 Å². The second-order valence-corrected chi connectivity index (χ2v) is 10.6. The standard InChI is InChI=1S/C22H36O2/c1-15(2)21-14-10-13-20(7,8)22(21,24-23)17-16(21)18(3,4)11-9-12-19(17,5)6/h23H,1,9-14H2,2-8H3. The van der Waals surface area contributed by atoms with Gasteiger partial charge in [0, 0.05) is 10.8 Å². The number of hydrogen-bond acceptors (Lipinski definition) is 2. The maximum atomic E-state index is 10.4. The minimum atomic E-state index is -0.621. The van der Waals surface area contributed by atoms with E-state index in [0.29, 0.717) is 0 Å². The Labute approximate surface area is 148 Å². The molecule has 0 amide bonds. The Morgan fingerprint density at radius 2 is 1.38 bits per heavy atom. The molecule has 1 saturated carbocycles. The lowest BCUT2D eigenvalue weighted by molar-refractivity contribution is -0.384. The molecular weight excluding hydrogens is 296 g/mol. The molecule has 0 aliphatic heterocycles. The first-order valence-corrected chi connectivity index (χ1v) is 9.65. The summed E-state index contributed by atoms with van der Waals surface area (Å²) in [7, 11) is 0. The van der Waals surface area contributed by atoms with Crippen LogP contribution in [0.25, 0.3) is 0 Å². The van der Waals surface area contributed by atoms with Gasteiger partial charge in [0.1, 0.15) is 5.60 Å². The maximum Gasteiger partial charge on any atom is 0.143 e. The summed E-state index contributed by atoms with van der Waals surface area (Å²) in [6.07, 6.45) is 6.87. The molecular formula is C22H36O2. The van der Waals surface area contributed by atoms with Gasteiger partial charge in [-0.25, -0.2) is 4.89 Å². The van der Waals surface area contributed by atoms with Crippen molar-refractivity contribution in [3.8, 4) is 0 Å². The van der Waals surface area contributed by atoms with Crippen molar-refractivity contribution >= 4 is 0 Å². The van der Waals surface area contributed by atoms with E-state index in [1.165, 1.54) is 24.0 Å². The molecule has 2 nitrogen and oxygen atoms in total. The van der Waals surface area contributed by atoms with Crippen LogP contribution in [0.2, 0.25) is 0 Å². The molecule has 0 spiro atoms. The molecule has 0 aromatic rings. The molecule has 0 aromatic heterocycles. The van der Waals surface area contributed by atoms with Crippen molar-refractivity contribution in [2.75, 3.05) is 0 Å². The van der Waals surface area contributed by atoms with Crippen LogP contribution < -0.4 is 0 Å². The monoisotopic (exact) mass is 332 g/mol. The lowest BCUT2D eigenvalue weighted by Gasteiger charge is -2.72. The lowest BCUT2D eigenvalue weighted by atomic mass is 9.34. The predicted molar refractivity (Wildman–Crippen MR) is 99.8 cm³/mol. The zero-order valence-corrected chi connectivity index (χ0v) is 16.8. The molecule has 0 radical (unpaired) electrons. The third-order valence-electron chi connectivity index (χ3n) is 7.76. The van der Waals surface area contributed by atoms with Gasteiger partial charge in [0.05, 0.1) is 0 Å². The van der Waals surface area contributed by atoms with Gasteiger partial charge < -0.3 is 0 Å². The highest BCUT2D eigenvalue weighted by Gasteiger charge is 2.77. The first kappa shape index (κ1) is 18.2. The quantitative estimate of drug-likeness (QED) is 0.354. The summed E-state index contributed by atoms with van der Waals surface area (Å²) in [5, 5.41) is 10.4. The third kappa shape index (κ3) is 1.80. The van der Waals surface area contributed by atoms with Crippen LogP contribution in [0, 0.1) is 21.7 Å². The summed E-state index contributed by atoms with van der Waals surface area (Å²) in [6.45, 7) is 20.6. The molecule has 2 unspecified atom stereocenters. The molecule has 2 heteroatoms. The van der Waals surface area contributed by atoms with Crippen LogP contribution in [-0.4, -0.2) is 10.9 Å². The normalized spacial score (nSPS) is 39.3. The maximum absolute atomic E-state index is 10.4. The zero-order chi connectivity index (χ0) is 18.2. The Bertz CT molecular complexity index is 607. The lowest BCUT2D eigenvalue weighted by Crippen LogP contribution is -2.73. The largest absolute Gasteiger partial charge is 0.251 e. The average Bonchev–Trinajstić information content (AvgIpc) is 2.47. The van der Waals surface area contributed by atoms with Crippen LogP contribution in [-0.2, 0) is 4.89 Å². The molecule has 3 rings (SSSR count). The summed E-state index contributed by atoms with van der Waals surface area (Å²) in [5.41, 5.74) is 3.33. The van der Waals surface area contributed by atoms with Gasteiger partial charge in [-0.15, -0.1) is 0 Å². The summed E-state index contributed by atoms with van der Waals surface area (Å²) >= 11 is 0. The topological polar surface area (TPSA) is 29.5 Å². The molecule has 0 aromatic carbocycles. The number of fused-ring (bicyclic) bond motifs is 3. The molecule has 136 valence electrons. The Morgan fingerprint density at radius 1 is 0.875 bits per heavy atom. The Morgan fingerprint density at radius 3 is 1.88 bits per heavy atom. The minimum absolute atomic E-state index is 0.0550. The minimum Gasteiger partial charge on any atom is -0.251 e. The fraction of sp³-hybridized carbons (Fsp3) is 0.818. The van der Waals surface area contributed by atoms with Crippen LogP contribution in [0.5, 0.6) is 0 Å². The van der Waals surface area contributed by atoms with Crippen LogP contribution in [0.4, 0.5) is 0 Å². The van der Waals surface area contributed by atoms with E-state index < -0.39 is 5.60 Å². The van der Waals surface area contributed by atoms with E-state index in [2.05, 4.69) is 55.0 Å². The van der Waals surface area contributed by atoms with E-state index in [4.69, 9.17) is 4.89 Å². The van der Waals surface area contributed by atoms with E-state index in [1.807, 2.05) is 0 Å². The van der Waals surface area contributed by atoms with E-state index in [1.54, 1.807) is 0 Å². The fourth-order valence-corrected chi connectivity index (χ4v) is 6.83. The van der Waals surface area contributed by atoms with Gasteiger partial charge in [0.2, 0.25) is 0 Å². The van der Waals surface area contributed by atoms with Crippen LogP contribution in [0.3, 0.4) is 0 Å². The Balaban J connectivity index is 2.42. The SMILES string of the molecule is C=C(C)C12CCCC(C)(C)C1(OO)C1=C2C(C)(C)CCCC1(C)C. The van der Waals surface area contributed by atoms with Crippen molar-refractivity contribution in [1.82, 2.24) is 0 Å². The van der Waals surface area contributed by atoms with Crippen LogP contribution in [0.1, 0.15) is 87.0 Å². The van der Waals surface area contributed by atoms with Gasteiger partial charge in [-0.05, 0) is 54.6 Å². The summed E-state index contributed by atoms with van der Waals surface area (Å²) in [5.74, 6) is 0. The smallest absolute Gasteiger partial charge is 0.143 e. The zero-order valence-electron chi connectivity index (χ0n) is 16.8. The van der Waals surface area contributed by atoms with Crippen molar-refractivity contribution < 1.29 is 10.1 Å². The summed E-state index contributed by atoms with van der Waals surface area (Å²) < 4.78 is 0. The van der Waals surface area contributed by atoms with Gasteiger partial charge in [-0.1, -0.05) is 66.5 Å². The van der Waals surface area contributed by atoms with Gasteiger partial charge in [-0.2, -0.15) is 0 Å². The first-order valence-electron chi connectivity index (χ1n) is 9.65. The highest BCUT2D eigenvalue weighted by atomic mass is 17.1. The molecule has 24 heavy (non-hydrogen) atoms. The van der Waals surface area contributed by atoms with Crippen molar-refractivity contribution in [2.24, 2.45) is 21.7 Å². The molecule has 2 atom stereocenters. The van der Waals surface area contributed by atoms with Gasteiger partial charge in [0.25, 0.3) is 0 Å². The van der Waals surface area contributed by atoms with Gasteiger partial charge in [0.15, 0.2) is 0 Å². The summed E-state index contributed by atoms with van der Waals surface area (Å²) in [4.78, 5) is 5.59. The van der Waals surface area contributed by atoms with Crippen molar-refractivity contribution in [2.45, 2.75) is 92.6 Å². The van der Waals surface area contributed by atoms with Crippen LogP contribution >= 0.6 is 0 Å². The Hall–Kier alpha value is -0.600. The van der Waals surface area contributed by atoms with Gasteiger partial charge in [-0.3, -0.25) is 5.26 Å². The van der Waals surface area contributed by atoms with E-state index in [-0.39, 0.29) is 21.7 Å². The number of hydrogen-bond donors (Lipinski definition) is 1. The highest BCUT2D eigenvalue weighted by molar-refractivity contribution is 5.60. The number of rotatable bonds is 2. The molecule has 3 aliphatic rings. The Kier molecular flexibility index (Phi) is 3.77. The summed E-state index contributed by atoms with van der Waals surface area (Å²) in [6, 6.07) is 0. The second kappa shape index (κ2) is 4.98. The van der Waals surface area contributed by atoms with Crippen LogP contribution in [0.15, 0.2) is 23.3 Å². The van der Waals surface area contributed by atoms with Crippen molar-refractivity contribution in [3.63, 3.8) is 0 Å². The molecule has 3 aliphatic carbocycles.